The van der Waals surface area contributed by atoms with Gasteiger partial charge in [-0.2, -0.15) is 26.3 Å². The number of hydrogen-bond acceptors (Lipinski definition) is 15. The van der Waals surface area contributed by atoms with Crippen LogP contribution >= 0.6 is 34.0 Å². The van der Waals surface area contributed by atoms with Crippen molar-refractivity contribution >= 4 is 73.2 Å². The molecule has 8 rings (SSSR count). The highest BCUT2D eigenvalue weighted by molar-refractivity contribution is 7.16. The summed E-state index contributed by atoms with van der Waals surface area (Å²) >= 11 is 3.70. The van der Waals surface area contributed by atoms with E-state index >= 15 is 0 Å². The van der Waals surface area contributed by atoms with Gasteiger partial charge < -0.3 is 45.5 Å². The van der Waals surface area contributed by atoms with Crippen LogP contribution in [0, 0.1) is 5.41 Å². The second-order valence-electron chi connectivity index (χ2n) is 15.6. The molecular formula is C41H42F6N6O10S3. The number of aliphatic carboxylic acids is 2. The third kappa shape index (κ3) is 11.9. The number of aromatic amines is 1. The number of carboxylic acid groups (broad SMARTS) is 2. The maximum Gasteiger partial charge on any atom is 0.490 e. The number of fused-ring (bicyclic) bond motifs is 2. The van der Waals surface area contributed by atoms with Crippen molar-refractivity contribution in [2.75, 3.05) is 26.2 Å². The van der Waals surface area contributed by atoms with Gasteiger partial charge in [-0.05, 0) is 104 Å². The number of phenolic OH excluding ortho intramolecular Hbond substituents is 1. The lowest BCUT2D eigenvalue weighted by molar-refractivity contribution is -0.193. The van der Waals surface area contributed by atoms with Gasteiger partial charge in [0.25, 0.3) is 0 Å². The lowest BCUT2D eigenvalue weighted by Crippen LogP contribution is -2.52. The average molecular weight is 989 g/mol. The number of phenols is 1. The minimum Gasteiger partial charge on any atom is -0.506 e. The van der Waals surface area contributed by atoms with E-state index < -0.39 is 42.0 Å². The average Bonchev–Trinajstić information content (AvgIpc) is 4.09. The van der Waals surface area contributed by atoms with E-state index in [1.807, 2.05) is 45.8 Å². The SMILES string of the molecule is O=C(O)C(F)(F)F.O=C(O)C(F)(F)F.O=C(OC1CC2(CCN(CCCn3nnc4cc(CNC[C@H](O)c5ccc(O)c6[nH]c(=O)sc56)ccc43)CC2)C1)C(O)(c1cccs1)c1cccs1. The number of ether oxygens (including phenoxy) is 1. The molecule has 1 aliphatic heterocycles. The first-order chi connectivity index (χ1) is 31.1. The number of carboxylic acids is 2. The summed E-state index contributed by atoms with van der Waals surface area (Å²) in [7, 11) is 0. The van der Waals surface area contributed by atoms with Crippen LogP contribution in [0.2, 0.25) is 0 Å². The number of benzene rings is 2. The minimum absolute atomic E-state index is 0.0140. The van der Waals surface area contributed by atoms with Crippen molar-refractivity contribution in [3.8, 4) is 5.75 Å². The van der Waals surface area contributed by atoms with Crippen molar-refractivity contribution in [2.45, 2.75) is 75.4 Å². The summed E-state index contributed by atoms with van der Waals surface area (Å²) in [5, 5.41) is 62.5. The molecule has 2 aliphatic rings. The summed E-state index contributed by atoms with van der Waals surface area (Å²) in [4.78, 5) is 49.0. The number of carbonyl (C=O) groups excluding carboxylic acids is 1. The Morgan fingerprint density at radius 3 is 2.09 bits per heavy atom. The Morgan fingerprint density at radius 2 is 1.53 bits per heavy atom. The van der Waals surface area contributed by atoms with E-state index in [9.17, 15) is 51.3 Å². The number of thiazole rings is 1. The Labute approximate surface area is 381 Å². The van der Waals surface area contributed by atoms with Crippen molar-refractivity contribution < 1.29 is 71.0 Å². The van der Waals surface area contributed by atoms with E-state index in [1.54, 1.807) is 18.2 Å². The van der Waals surface area contributed by atoms with Crippen LogP contribution in [0.4, 0.5) is 26.3 Å². The number of aromatic hydroxyl groups is 1. The number of aliphatic hydroxyl groups is 2. The summed E-state index contributed by atoms with van der Waals surface area (Å²) in [5.41, 5.74) is 2.22. The largest absolute Gasteiger partial charge is 0.506 e. The number of hydrogen-bond donors (Lipinski definition) is 7. The van der Waals surface area contributed by atoms with Crippen LogP contribution in [0.3, 0.4) is 0 Å². The van der Waals surface area contributed by atoms with E-state index in [2.05, 4.69) is 25.5 Å². The molecule has 5 heterocycles. The van der Waals surface area contributed by atoms with Crippen LogP contribution in [0.15, 0.2) is 70.2 Å². The van der Waals surface area contributed by atoms with E-state index in [0.717, 1.165) is 86.2 Å². The molecule has 16 nitrogen and oxygen atoms in total. The number of nitrogens with one attached hydrogen (secondary N) is 2. The molecule has 0 bridgehead atoms. The highest BCUT2D eigenvalue weighted by Gasteiger charge is 2.51. The van der Waals surface area contributed by atoms with Gasteiger partial charge >= 0.3 is 35.1 Å². The molecule has 1 spiro atoms. The smallest absolute Gasteiger partial charge is 0.490 e. The fourth-order valence-electron chi connectivity index (χ4n) is 7.68. The topological polar surface area (TPSA) is 240 Å². The quantitative estimate of drug-likeness (QED) is 0.0492. The molecule has 0 unspecified atom stereocenters. The fourth-order valence-corrected chi connectivity index (χ4v) is 10.3. The van der Waals surface area contributed by atoms with Crippen molar-refractivity contribution in [1.29, 1.82) is 0 Å². The fraction of sp³-hybridized carbons (Fsp3) is 0.415. The van der Waals surface area contributed by atoms with E-state index in [4.69, 9.17) is 24.5 Å². The molecule has 2 fully saturated rings. The molecule has 0 amide bonds. The molecule has 1 aliphatic carbocycles. The molecule has 66 heavy (non-hydrogen) atoms. The summed E-state index contributed by atoms with van der Waals surface area (Å²) in [5.74, 6) is -6.11. The van der Waals surface area contributed by atoms with Gasteiger partial charge in [0, 0.05) is 25.2 Å². The number of likely N-dealkylation sites (tertiary alicyclic amines) is 1. The van der Waals surface area contributed by atoms with E-state index in [0.29, 0.717) is 32.1 Å². The first-order valence-electron chi connectivity index (χ1n) is 20.0. The number of esters is 1. The molecule has 1 saturated heterocycles. The van der Waals surface area contributed by atoms with Gasteiger partial charge in [-0.15, -0.1) is 27.8 Å². The van der Waals surface area contributed by atoms with Crippen molar-refractivity contribution in [3.05, 3.63) is 95.9 Å². The first kappa shape index (κ1) is 50.0. The van der Waals surface area contributed by atoms with Gasteiger partial charge in [0.15, 0.2) is 0 Å². The predicted octanol–water partition coefficient (Wildman–Crippen LogP) is 6.37. The predicted molar refractivity (Wildman–Crippen MR) is 229 cm³/mol. The zero-order chi connectivity index (χ0) is 48.0. The number of H-pyrrole nitrogens is 1. The number of aliphatic hydroxyl groups excluding tert-OH is 1. The zero-order valence-corrected chi connectivity index (χ0v) is 36.8. The van der Waals surface area contributed by atoms with Crippen LogP contribution in [0.5, 0.6) is 5.75 Å². The Kier molecular flexibility index (Phi) is 15.6. The molecule has 4 aromatic heterocycles. The normalized spacial score (nSPS) is 15.9. The third-order valence-corrected chi connectivity index (χ3v) is 14.0. The number of nitrogens with zero attached hydrogens (tertiary/aromatic N) is 4. The van der Waals surface area contributed by atoms with Crippen LogP contribution in [-0.4, -0.2) is 113 Å². The second kappa shape index (κ2) is 20.6. The Morgan fingerprint density at radius 1 is 0.924 bits per heavy atom. The maximum atomic E-state index is 13.3. The highest BCUT2D eigenvalue weighted by Crippen LogP contribution is 2.51. The number of thiophene rings is 2. The summed E-state index contributed by atoms with van der Waals surface area (Å²) in [6.07, 6.45) is -6.37. The number of carbonyl (C=O) groups is 3. The van der Waals surface area contributed by atoms with E-state index in [1.165, 1.54) is 28.7 Å². The van der Waals surface area contributed by atoms with Gasteiger partial charge in [0.2, 0.25) is 5.60 Å². The molecule has 356 valence electrons. The Bertz CT molecular complexity index is 2590. The van der Waals surface area contributed by atoms with Gasteiger partial charge in [-0.3, -0.25) is 4.79 Å². The molecule has 0 radical (unpaired) electrons. The lowest BCUT2D eigenvalue weighted by Gasteiger charge is -2.51. The monoisotopic (exact) mass is 988 g/mol. The minimum atomic E-state index is -5.08. The number of rotatable bonds is 13. The third-order valence-electron chi connectivity index (χ3n) is 11.1. The summed E-state index contributed by atoms with van der Waals surface area (Å²) in [6.45, 7) is 4.57. The highest BCUT2D eigenvalue weighted by atomic mass is 32.1. The molecular weight excluding hydrogens is 947 g/mol. The Hall–Kier alpha value is -5.44. The van der Waals surface area contributed by atoms with Crippen molar-refractivity contribution in [1.82, 2.24) is 30.2 Å². The second-order valence-corrected chi connectivity index (χ2v) is 18.5. The molecule has 2 aromatic carbocycles. The standard InChI is InChI=1S/C37H40N6O6S3.2C2HF3O2/c44-28-9-7-25(33-32(28)39-35(47)52-33)29(45)22-38-21-23-6-8-27-26(18-23)40-41-43(27)13-3-12-42-14-10-36(11-15-42)19-24(20-36)49-34(46)37(48,30-4-1-16-50-30)31-5-2-17-51-31;2*3-2(4,5)1(6)7/h1-2,4-9,16-18,24,29,38,44-45,48H,3,10-15,19-22H2,(H,39,47);2*(H,6,7)/t29-;;/m0../s1. The van der Waals surface area contributed by atoms with Crippen LogP contribution in [-0.2, 0) is 37.8 Å². The molecule has 7 N–H and O–H groups in total. The Balaban J connectivity index is 0.000000448. The summed E-state index contributed by atoms with van der Waals surface area (Å²) < 4.78 is 71.9. The van der Waals surface area contributed by atoms with Crippen LogP contribution in [0.1, 0.15) is 59.1 Å². The number of piperidine rings is 1. The van der Waals surface area contributed by atoms with Crippen molar-refractivity contribution in [3.63, 3.8) is 0 Å². The van der Waals surface area contributed by atoms with Crippen molar-refractivity contribution in [2.24, 2.45) is 5.41 Å². The number of alkyl halides is 6. The lowest BCUT2D eigenvalue weighted by atomic mass is 9.61. The molecule has 1 atom stereocenters. The molecule has 6 aromatic rings. The number of halogens is 6. The van der Waals surface area contributed by atoms with Crippen LogP contribution < -0.4 is 10.2 Å². The van der Waals surface area contributed by atoms with E-state index in [-0.39, 0.29) is 28.7 Å². The number of aromatic nitrogens is 4. The first-order valence-corrected chi connectivity index (χ1v) is 22.6. The summed E-state index contributed by atoms with van der Waals surface area (Å²) in [6, 6.07) is 16.5. The van der Waals surface area contributed by atoms with Gasteiger partial charge in [0.05, 0.1) is 26.1 Å². The number of aryl methyl sites for hydroxylation is 1. The zero-order valence-electron chi connectivity index (χ0n) is 34.3. The van der Waals surface area contributed by atoms with Gasteiger partial charge in [0.1, 0.15) is 22.9 Å². The molecule has 25 heteroatoms. The van der Waals surface area contributed by atoms with Crippen LogP contribution in [0.25, 0.3) is 21.3 Å². The van der Waals surface area contributed by atoms with Gasteiger partial charge in [-0.1, -0.05) is 40.8 Å². The molecule has 1 saturated carbocycles. The maximum absolute atomic E-state index is 13.3. The van der Waals surface area contributed by atoms with Gasteiger partial charge in [-0.25, -0.2) is 19.1 Å².